The van der Waals surface area contributed by atoms with Gasteiger partial charge < -0.3 is 19.8 Å². The fraction of sp³-hybridized carbons (Fsp3) is 0.517. The molecule has 8 nitrogen and oxygen atoms in total. The molecule has 40 heavy (non-hydrogen) atoms. The fourth-order valence-electron chi connectivity index (χ4n) is 6.38. The first-order chi connectivity index (χ1) is 18.9. The minimum atomic E-state index is -4.31. The molecule has 11 heteroatoms. The van der Waals surface area contributed by atoms with Crippen molar-refractivity contribution >= 4 is 5.91 Å². The number of halogens is 3. The standard InChI is InChI=1S/C29H34F3N5O3/c1-18(38)34-24-10-6-20(7-11-24)26-35-25(36-40-26)21-12-23(15-33-14-21)29(39,27(2)16-37(3)17-27)22-8-4-19(5-9-22)13-28(30,31)32/h4-5,8-9,12,14-15,20,24,39H,6-7,10-11,13,16-17H2,1-3H3,(H,34,38)/t20-,24-,29-/m0/s1. The van der Waals surface area contributed by atoms with E-state index in [0.29, 0.717) is 41.5 Å². The summed E-state index contributed by atoms with van der Waals surface area (Å²) in [5.74, 6) is 0.950. The molecule has 0 spiro atoms. The highest BCUT2D eigenvalue weighted by molar-refractivity contribution is 5.73. The summed E-state index contributed by atoms with van der Waals surface area (Å²) in [6.45, 7) is 4.66. The molecule has 1 aliphatic heterocycles. The number of likely N-dealkylation sites (tertiary alicyclic amines) is 1. The highest BCUT2D eigenvalue weighted by Gasteiger charge is 2.55. The van der Waals surface area contributed by atoms with E-state index in [-0.39, 0.29) is 23.4 Å². The van der Waals surface area contributed by atoms with Gasteiger partial charge in [0, 0.05) is 60.9 Å². The maximum absolute atomic E-state index is 12.9. The molecule has 0 unspecified atom stereocenters. The molecule has 1 amide bonds. The van der Waals surface area contributed by atoms with Gasteiger partial charge in [-0.2, -0.15) is 18.2 Å². The molecule has 2 N–H and O–H groups in total. The number of hydrogen-bond acceptors (Lipinski definition) is 7. The maximum Gasteiger partial charge on any atom is 0.393 e. The zero-order chi connectivity index (χ0) is 28.7. The largest absolute Gasteiger partial charge is 0.393 e. The Labute approximate surface area is 231 Å². The predicted octanol–water partition coefficient (Wildman–Crippen LogP) is 4.59. The van der Waals surface area contributed by atoms with E-state index in [1.807, 2.05) is 14.0 Å². The lowest BCUT2D eigenvalue weighted by molar-refractivity contribution is -0.128. The van der Waals surface area contributed by atoms with Crippen molar-refractivity contribution in [2.75, 3.05) is 20.1 Å². The zero-order valence-corrected chi connectivity index (χ0v) is 22.8. The number of carbonyl (C=O) groups is 1. The van der Waals surface area contributed by atoms with Crippen molar-refractivity contribution in [1.82, 2.24) is 25.3 Å². The van der Waals surface area contributed by atoms with E-state index in [1.165, 1.54) is 19.1 Å². The van der Waals surface area contributed by atoms with Crippen molar-refractivity contribution in [2.24, 2.45) is 5.41 Å². The molecule has 1 saturated heterocycles. The van der Waals surface area contributed by atoms with Gasteiger partial charge in [0.15, 0.2) is 0 Å². The quantitative estimate of drug-likeness (QED) is 0.438. The first-order valence-electron chi connectivity index (χ1n) is 13.5. The number of amides is 1. The number of aromatic nitrogens is 3. The number of benzene rings is 1. The molecular weight excluding hydrogens is 523 g/mol. The zero-order valence-electron chi connectivity index (χ0n) is 22.8. The summed E-state index contributed by atoms with van der Waals surface area (Å²) in [4.78, 5) is 22.5. The predicted molar refractivity (Wildman–Crippen MR) is 141 cm³/mol. The van der Waals surface area contributed by atoms with Crippen LogP contribution in [0.25, 0.3) is 11.4 Å². The minimum absolute atomic E-state index is 0.0319. The van der Waals surface area contributed by atoms with Crippen LogP contribution in [0.5, 0.6) is 0 Å². The molecule has 2 fully saturated rings. The number of alkyl halides is 3. The molecule has 0 bridgehead atoms. The summed E-state index contributed by atoms with van der Waals surface area (Å²) in [7, 11) is 1.95. The Kier molecular flexibility index (Phi) is 7.47. The molecular formula is C29H34F3N5O3. The van der Waals surface area contributed by atoms with Crippen LogP contribution in [0.1, 0.15) is 68.0 Å². The van der Waals surface area contributed by atoms with Crippen molar-refractivity contribution in [3.63, 3.8) is 0 Å². The summed E-state index contributed by atoms with van der Waals surface area (Å²) in [5.41, 5.74) is -0.421. The van der Waals surface area contributed by atoms with Crippen LogP contribution in [0.3, 0.4) is 0 Å². The van der Waals surface area contributed by atoms with E-state index in [0.717, 1.165) is 25.7 Å². The van der Waals surface area contributed by atoms with Crippen molar-refractivity contribution in [2.45, 2.75) is 69.7 Å². The Morgan fingerprint density at radius 1 is 1.12 bits per heavy atom. The van der Waals surface area contributed by atoms with Crippen LogP contribution in [0, 0.1) is 5.41 Å². The lowest BCUT2D eigenvalue weighted by Crippen LogP contribution is -2.63. The maximum atomic E-state index is 12.9. The SMILES string of the molecule is CC(=O)N[C@H]1CC[C@H](c2nc(-c3cncc([C@@](O)(c4ccc(CC(F)(F)F)cc4)C4(C)CN(C)C4)c3)no2)CC1. The summed E-state index contributed by atoms with van der Waals surface area (Å²) < 4.78 is 44.4. The van der Waals surface area contributed by atoms with Crippen LogP contribution >= 0.6 is 0 Å². The van der Waals surface area contributed by atoms with Crippen LogP contribution in [-0.4, -0.2) is 63.4 Å². The number of nitrogens with zero attached hydrogens (tertiary/aromatic N) is 4. The van der Waals surface area contributed by atoms with Gasteiger partial charge in [-0.25, -0.2) is 0 Å². The summed E-state index contributed by atoms with van der Waals surface area (Å²) in [6, 6.07) is 7.92. The Morgan fingerprint density at radius 3 is 2.40 bits per heavy atom. The summed E-state index contributed by atoms with van der Waals surface area (Å²) >= 11 is 0. The molecule has 1 aromatic carbocycles. The second kappa shape index (κ2) is 10.6. The van der Waals surface area contributed by atoms with E-state index in [1.54, 1.807) is 30.6 Å². The van der Waals surface area contributed by atoms with Crippen LogP contribution in [0.15, 0.2) is 47.2 Å². The van der Waals surface area contributed by atoms with Crippen LogP contribution in [-0.2, 0) is 16.8 Å². The van der Waals surface area contributed by atoms with Crippen LogP contribution in [0.2, 0.25) is 0 Å². The third-order valence-corrected chi connectivity index (χ3v) is 8.23. The lowest BCUT2D eigenvalue weighted by Gasteiger charge is -2.55. The first-order valence-corrected chi connectivity index (χ1v) is 13.5. The van der Waals surface area contributed by atoms with Gasteiger partial charge in [0.25, 0.3) is 0 Å². The molecule has 3 heterocycles. The van der Waals surface area contributed by atoms with Gasteiger partial charge >= 0.3 is 6.18 Å². The Hall–Kier alpha value is -3.31. The second-order valence-corrected chi connectivity index (χ2v) is 11.6. The lowest BCUT2D eigenvalue weighted by atomic mass is 9.62. The molecule has 2 aliphatic rings. The minimum Gasteiger partial charge on any atom is -0.380 e. The van der Waals surface area contributed by atoms with Gasteiger partial charge in [0.1, 0.15) is 5.60 Å². The summed E-state index contributed by atoms with van der Waals surface area (Å²) in [5, 5.41) is 19.5. The number of carbonyl (C=O) groups excluding carboxylic acids is 1. The Morgan fingerprint density at radius 2 is 1.80 bits per heavy atom. The second-order valence-electron chi connectivity index (χ2n) is 11.6. The van der Waals surface area contributed by atoms with Crippen molar-refractivity contribution < 1.29 is 27.6 Å². The molecule has 1 aliphatic carbocycles. The van der Waals surface area contributed by atoms with Crippen LogP contribution in [0.4, 0.5) is 13.2 Å². The first kappa shape index (κ1) is 28.2. The highest BCUT2D eigenvalue weighted by atomic mass is 19.4. The topological polar surface area (TPSA) is 104 Å². The van der Waals surface area contributed by atoms with Gasteiger partial charge in [-0.1, -0.05) is 36.3 Å². The number of rotatable bonds is 7. The van der Waals surface area contributed by atoms with Crippen LogP contribution < -0.4 is 5.32 Å². The van der Waals surface area contributed by atoms with E-state index in [4.69, 9.17) is 4.52 Å². The molecule has 5 rings (SSSR count). The van der Waals surface area contributed by atoms with Gasteiger partial charge in [0.05, 0.1) is 6.42 Å². The molecule has 0 radical (unpaired) electrons. The molecule has 1 saturated carbocycles. The smallest absolute Gasteiger partial charge is 0.380 e. The molecule has 2 aromatic heterocycles. The third-order valence-electron chi connectivity index (χ3n) is 8.23. The van der Waals surface area contributed by atoms with Crippen molar-refractivity contribution in [3.05, 3.63) is 65.3 Å². The summed E-state index contributed by atoms with van der Waals surface area (Å²) in [6.07, 6.45) is 1.16. The van der Waals surface area contributed by atoms with Gasteiger partial charge in [-0.05, 0) is 49.9 Å². The Bertz CT molecular complexity index is 1350. The normalized spacial score (nSPS) is 22.8. The molecule has 3 aromatic rings. The number of nitrogens with one attached hydrogen (secondary N) is 1. The van der Waals surface area contributed by atoms with Gasteiger partial charge in [-0.3, -0.25) is 9.78 Å². The average molecular weight is 558 g/mol. The fourth-order valence-corrected chi connectivity index (χ4v) is 6.38. The highest BCUT2D eigenvalue weighted by Crippen LogP contribution is 2.50. The van der Waals surface area contributed by atoms with Gasteiger partial charge in [0.2, 0.25) is 17.6 Å². The Balaban J connectivity index is 1.42. The van der Waals surface area contributed by atoms with E-state index < -0.39 is 23.6 Å². The van der Waals surface area contributed by atoms with Crippen molar-refractivity contribution in [1.29, 1.82) is 0 Å². The number of pyridine rings is 1. The third kappa shape index (κ3) is 5.62. The van der Waals surface area contributed by atoms with E-state index >= 15 is 0 Å². The number of aliphatic hydroxyl groups is 1. The monoisotopic (exact) mass is 557 g/mol. The van der Waals surface area contributed by atoms with E-state index in [2.05, 4.69) is 25.3 Å². The number of hydrogen-bond donors (Lipinski definition) is 2. The average Bonchev–Trinajstić information content (AvgIpc) is 3.37. The van der Waals surface area contributed by atoms with E-state index in [9.17, 15) is 23.1 Å². The molecule has 214 valence electrons. The van der Waals surface area contributed by atoms with Crippen molar-refractivity contribution in [3.8, 4) is 11.4 Å². The van der Waals surface area contributed by atoms with Gasteiger partial charge in [-0.15, -0.1) is 0 Å². The molecule has 1 atom stereocenters.